The number of carbonyl (C=O) groups is 2. The van der Waals surface area contributed by atoms with E-state index >= 15 is 0 Å². The zero-order valence-electron chi connectivity index (χ0n) is 10.6. The molecule has 3 N–H and O–H groups in total. The Hall–Kier alpha value is -1.59. The van der Waals surface area contributed by atoms with Crippen LogP contribution in [0.25, 0.3) is 0 Å². The minimum absolute atomic E-state index is 0.0102. The predicted molar refractivity (Wildman–Crippen MR) is 73.1 cm³/mol. The summed E-state index contributed by atoms with van der Waals surface area (Å²) in [6.07, 6.45) is 0.480. The molecule has 0 saturated carbocycles. The second kappa shape index (κ2) is 7.76. The molecule has 104 valence electrons. The first-order valence-corrected chi connectivity index (χ1v) is 6.34. The van der Waals surface area contributed by atoms with Crippen molar-refractivity contribution in [2.45, 2.75) is 19.4 Å². The second-order valence-electron chi connectivity index (χ2n) is 4.17. The Morgan fingerprint density at radius 1 is 1.42 bits per heavy atom. The molecular weight excluding hydrogens is 268 g/mol. The summed E-state index contributed by atoms with van der Waals surface area (Å²) < 4.78 is 0. The Morgan fingerprint density at radius 3 is 2.79 bits per heavy atom. The molecule has 0 aliphatic carbocycles. The van der Waals surface area contributed by atoms with E-state index in [1.54, 1.807) is 25.1 Å². The lowest BCUT2D eigenvalue weighted by molar-refractivity contribution is -0.120. The zero-order valence-corrected chi connectivity index (χ0v) is 11.4. The molecule has 1 aromatic rings. The van der Waals surface area contributed by atoms with E-state index in [0.29, 0.717) is 17.0 Å². The Kier molecular flexibility index (Phi) is 6.32. The van der Waals surface area contributed by atoms with Crippen LogP contribution in [0.15, 0.2) is 24.3 Å². The van der Waals surface area contributed by atoms with Gasteiger partial charge in [-0.1, -0.05) is 17.7 Å². The van der Waals surface area contributed by atoms with Crippen LogP contribution in [-0.2, 0) is 4.79 Å². The van der Waals surface area contributed by atoms with E-state index in [9.17, 15) is 9.59 Å². The van der Waals surface area contributed by atoms with Crippen molar-refractivity contribution in [2.24, 2.45) is 0 Å². The number of carbonyl (C=O) groups excluding carboxylic acids is 2. The summed E-state index contributed by atoms with van der Waals surface area (Å²) in [6.45, 7) is 1.68. The number of halogens is 1. The maximum Gasteiger partial charge on any atom is 0.251 e. The minimum atomic E-state index is -0.354. The summed E-state index contributed by atoms with van der Waals surface area (Å²) in [5.41, 5.74) is 0.406. The highest BCUT2D eigenvalue weighted by molar-refractivity contribution is 6.30. The second-order valence-corrected chi connectivity index (χ2v) is 4.61. The maximum atomic E-state index is 11.7. The van der Waals surface area contributed by atoms with Gasteiger partial charge in [0.15, 0.2) is 0 Å². The molecule has 0 aliphatic rings. The first kappa shape index (κ1) is 15.5. The lowest BCUT2D eigenvalue weighted by atomic mass is 10.2. The van der Waals surface area contributed by atoms with Crippen LogP contribution < -0.4 is 10.6 Å². The Balaban J connectivity index is 2.40. The first-order valence-electron chi connectivity index (χ1n) is 5.97. The molecule has 1 rings (SSSR count). The summed E-state index contributed by atoms with van der Waals surface area (Å²) in [4.78, 5) is 23.2. The smallest absolute Gasteiger partial charge is 0.251 e. The van der Waals surface area contributed by atoms with Crippen LogP contribution in [0, 0.1) is 0 Å². The molecule has 0 bridgehead atoms. The van der Waals surface area contributed by atoms with Crippen LogP contribution in [0.4, 0.5) is 0 Å². The van der Waals surface area contributed by atoms with Crippen molar-refractivity contribution in [3.63, 3.8) is 0 Å². The third-order valence-corrected chi connectivity index (χ3v) is 2.70. The van der Waals surface area contributed by atoms with Gasteiger partial charge in [0.25, 0.3) is 5.91 Å². The average molecular weight is 285 g/mol. The highest BCUT2D eigenvalue weighted by Gasteiger charge is 2.10. The quantitative estimate of drug-likeness (QED) is 0.728. The monoisotopic (exact) mass is 284 g/mol. The largest absolute Gasteiger partial charge is 0.396 e. The Morgan fingerprint density at radius 2 is 2.16 bits per heavy atom. The third-order valence-electron chi connectivity index (χ3n) is 2.47. The molecule has 5 nitrogen and oxygen atoms in total. The van der Waals surface area contributed by atoms with Crippen molar-refractivity contribution >= 4 is 23.4 Å². The molecule has 19 heavy (non-hydrogen) atoms. The van der Waals surface area contributed by atoms with Gasteiger partial charge in [0.1, 0.15) is 0 Å². The number of hydrogen-bond donors (Lipinski definition) is 3. The molecule has 0 radical (unpaired) electrons. The van der Waals surface area contributed by atoms with Crippen LogP contribution in [0.5, 0.6) is 0 Å². The van der Waals surface area contributed by atoms with Crippen LogP contribution in [0.3, 0.4) is 0 Å². The summed E-state index contributed by atoms with van der Waals surface area (Å²) in [5, 5.41) is 14.3. The molecule has 0 heterocycles. The molecule has 1 aromatic carbocycles. The Bertz CT molecular complexity index is 451. The molecular formula is C13H17ClN2O3. The summed E-state index contributed by atoms with van der Waals surface area (Å²) in [7, 11) is 0. The third kappa shape index (κ3) is 5.72. The molecule has 0 saturated heterocycles. The summed E-state index contributed by atoms with van der Waals surface area (Å²) >= 11 is 5.77. The van der Waals surface area contributed by atoms with E-state index in [4.69, 9.17) is 16.7 Å². The van der Waals surface area contributed by atoms with Crippen molar-refractivity contribution in [1.82, 2.24) is 10.6 Å². The molecule has 2 amide bonds. The van der Waals surface area contributed by atoms with Crippen molar-refractivity contribution in [2.75, 3.05) is 13.2 Å². The van der Waals surface area contributed by atoms with Gasteiger partial charge in [0.2, 0.25) is 5.91 Å². The van der Waals surface area contributed by atoms with Gasteiger partial charge in [0.05, 0.1) is 6.54 Å². The van der Waals surface area contributed by atoms with Crippen molar-refractivity contribution < 1.29 is 14.7 Å². The average Bonchev–Trinajstić information content (AvgIpc) is 2.36. The molecule has 0 aromatic heterocycles. The standard InChI is InChI=1S/C13H17ClN2O3/c1-9(5-6-17)16-12(18)8-15-13(19)10-3-2-4-11(14)7-10/h2-4,7,9,17H,5-6,8H2,1H3,(H,15,19)(H,16,18). The molecule has 0 spiro atoms. The number of rotatable bonds is 6. The predicted octanol–water partition coefficient (Wildman–Crippen LogP) is 0.957. The van der Waals surface area contributed by atoms with Gasteiger partial charge in [-0.05, 0) is 31.5 Å². The highest BCUT2D eigenvalue weighted by Crippen LogP contribution is 2.10. The number of aliphatic hydroxyl groups is 1. The summed E-state index contributed by atoms with van der Waals surface area (Å²) in [6, 6.07) is 6.36. The highest BCUT2D eigenvalue weighted by atomic mass is 35.5. The molecule has 1 atom stereocenters. The topological polar surface area (TPSA) is 78.4 Å². The van der Waals surface area contributed by atoms with Gasteiger partial charge in [-0.15, -0.1) is 0 Å². The van der Waals surface area contributed by atoms with Gasteiger partial charge in [0, 0.05) is 23.2 Å². The molecule has 0 aliphatic heterocycles. The van der Waals surface area contributed by atoms with Crippen molar-refractivity contribution in [3.05, 3.63) is 34.9 Å². The number of hydrogen-bond acceptors (Lipinski definition) is 3. The van der Waals surface area contributed by atoms with Gasteiger partial charge >= 0.3 is 0 Å². The fraction of sp³-hybridized carbons (Fsp3) is 0.385. The first-order chi connectivity index (χ1) is 9.02. The van der Waals surface area contributed by atoms with Crippen LogP contribution in [0.2, 0.25) is 5.02 Å². The van der Waals surface area contributed by atoms with Crippen LogP contribution in [0.1, 0.15) is 23.7 Å². The Labute approximate surface area is 117 Å². The van der Waals surface area contributed by atoms with E-state index in [1.807, 2.05) is 0 Å². The van der Waals surface area contributed by atoms with E-state index in [2.05, 4.69) is 10.6 Å². The van der Waals surface area contributed by atoms with Gasteiger partial charge < -0.3 is 15.7 Å². The lowest BCUT2D eigenvalue weighted by Crippen LogP contribution is -2.41. The summed E-state index contributed by atoms with van der Waals surface area (Å²) in [5.74, 6) is -0.649. The van der Waals surface area contributed by atoms with Gasteiger partial charge in [-0.3, -0.25) is 9.59 Å². The lowest BCUT2D eigenvalue weighted by Gasteiger charge is -2.12. The van der Waals surface area contributed by atoms with Crippen LogP contribution >= 0.6 is 11.6 Å². The van der Waals surface area contributed by atoms with E-state index in [-0.39, 0.29) is 31.0 Å². The minimum Gasteiger partial charge on any atom is -0.396 e. The number of nitrogens with one attached hydrogen (secondary N) is 2. The van der Waals surface area contributed by atoms with Crippen molar-refractivity contribution in [3.8, 4) is 0 Å². The molecule has 1 unspecified atom stereocenters. The fourth-order valence-electron chi connectivity index (χ4n) is 1.48. The molecule has 0 fully saturated rings. The van der Waals surface area contributed by atoms with Crippen molar-refractivity contribution in [1.29, 1.82) is 0 Å². The fourth-order valence-corrected chi connectivity index (χ4v) is 1.67. The van der Waals surface area contributed by atoms with E-state index in [0.717, 1.165) is 0 Å². The molecule has 6 heteroatoms. The van der Waals surface area contributed by atoms with E-state index in [1.165, 1.54) is 6.07 Å². The number of aliphatic hydroxyl groups excluding tert-OH is 1. The number of amides is 2. The van der Waals surface area contributed by atoms with Crippen LogP contribution in [-0.4, -0.2) is 36.1 Å². The van der Waals surface area contributed by atoms with Gasteiger partial charge in [-0.2, -0.15) is 0 Å². The SMILES string of the molecule is CC(CCO)NC(=O)CNC(=O)c1cccc(Cl)c1. The normalized spacial score (nSPS) is 11.7. The van der Waals surface area contributed by atoms with Gasteiger partial charge in [-0.25, -0.2) is 0 Å². The van der Waals surface area contributed by atoms with E-state index < -0.39 is 0 Å². The number of benzene rings is 1. The zero-order chi connectivity index (χ0) is 14.3. The maximum absolute atomic E-state index is 11.7.